The van der Waals surface area contributed by atoms with E-state index in [1.165, 1.54) is 6.21 Å². The molecule has 9 heteroatoms. The van der Waals surface area contributed by atoms with Crippen LogP contribution < -0.4 is 25.0 Å². The summed E-state index contributed by atoms with van der Waals surface area (Å²) in [6.07, 6.45) is 1.43. The van der Waals surface area contributed by atoms with Crippen LogP contribution in [0.4, 0.5) is 0 Å². The van der Waals surface area contributed by atoms with E-state index in [4.69, 9.17) is 25.8 Å². The van der Waals surface area contributed by atoms with E-state index in [0.29, 0.717) is 40.0 Å². The zero-order chi connectivity index (χ0) is 19.9. The number of hydrazone groups is 1. The third-order valence-electron chi connectivity index (χ3n) is 3.71. The molecular formula is C19H18ClN3O5. The molecule has 3 rings (SSSR count). The van der Waals surface area contributed by atoms with Crippen LogP contribution >= 0.6 is 11.6 Å². The first-order valence-corrected chi connectivity index (χ1v) is 8.86. The molecule has 0 aliphatic carbocycles. The molecule has 1 heterocycles. The number of hydrogen-bond acceptors (Lipinski definition) is 6. The smallest absolute Gasteiger partial charge is 0.259 e. The summed E-state index contributed by atoms with van der Waals surface area (Å²) in [4.78, 5) is 24.0. The van der Waals surface area contributed by atoms with E-state index >= 15 is 0 Å². The molecule has 2 amide bonds. The maximum Gasteiger partial charge on any atom is 0.259 e. The van der Waals surface area contributed by atoms with Crippen molar-refractivity contribution in [1.29, 1.82) is 0 Å². The lowest BCUT2D eigenvalue weighted by Gasteiger charge is -2.07. The fraction of sp³-hybridized carbons (Fsp3) is 0.211. The zero-order valence-corrected chi connectivity index (χ0v) is 15.8. The van der Waals surface area contributed by atoms with Gasteiger partial charge in [0.05, 0.1) is 19.4 Å². The number of nitrogens with zero attached hydrogens (tertiary/aromatic N) is 1. The normalized spacial score (nSPS) is 12.1. The van der Waals surface area contributed by atoms with Crippen LogP contribution in [0.5, 0.6) is 17.2 Å². The molecule has 28 heavy (non-hydrogen) atoms. The van der Waals surface area contributed by atoms with E-state index in [1.807, 2.05) is 6.92 Å². The maximum absolute atomic E-state index is 12.1. The fourth-order valence-electron chi connectivity index (χ4n) is 2.42. The van der Waals surface area contributed by atoms with Crippen LogP contribution in [0.1, 0.15) is 22.8 Å². The lowest BCUT2D eigenvalue weighted by atomic mass is 10.2. The Labute approximate surface area is 166 Å². The maximum atomic E-state index is 12.1. The van der Waals surface area contributed by atoms with Gasteiger partial charge in [0.25, 0.3) is 11.8 Å². The molecule has 1 aliphatic heterocycles. The Morgan fingerprint density at radius 1 is 1.21 bits per heavy atom. The summed E-state index contributed by atoms with van der Waals surface area (Å²) in [5, 5.41) is 6.91. The van der Waals surface area contributed by atoms with E-state index in [2.05, 4.69) is 15.8 Å². The Balaban J connectivity index is 1.51. The standard InChI is InChI=1S/C19H18ClN3O5/c1-2-26-15-6-4-14(20)7-13(15)9-22-23-18(24)10-21-19(25)12-3-5-16-17(8-12)28-11-27-16/h3-9H,2,10-11H2,1H3,(H,21,25)(H,23,24). The third-order valence-corrected chi connectivity index (χ3v) is 3.94. The summed E-state index contributed by atoms with van der Waals surface area (Å²) in [5.41, 5.74) is 3.33. The molecule has 1 aliphatic rings. The molecule has 0 atom stereocenters. The fourth-order valence-corrected chi connectivity index (χ4v) is 2.60. The minimum Gasteiger partial charge on any atom is -0.493 e. The van der Waals surface area contributed by atoms with E-state index < -0.39 is 11.8 Å². The number of ether oxygens (including phenoxy) is 3. The molecule has 2 N–H and O–H groups in total. The van der Waals surface area contributed by atoms with Gasteiger partial charge >= 0.3 is 0 Å². The second-order valence-electron chi connectivity index (χ2n) is 5.66. The highest BCUT2D eigenvalue weighted by Crippen LogP contribution is 2.32. The highest BCUT2D eigenvalue weighted by Gasteiger charge is 2.16. The Morgan fingerprint density at radius 3 is 2.86 bits per heavy atom. The number of carbonyl (C=O) groups excluding carboxylic acids is 2. The quantitative estimate of drug-likeness (QED) is 0.546. The van der Waals surface area contributed by atoms with Gasteiger partial charge in [-0.15, -0.1) is 0 Å². The van der Waals surface area contributed by atoms with Gasteiger partial charge in [0.2, 0.25) is 6.79 Å². The number of hydrogen-bond donors (Lipinski definition) is 2. The molecule has 2 aromatic carbocycles. The van der Waals surface area contributed by atoms with Gasteiger partial charge in [-0.3, -0.25) is 9.59 Å². The SMILES string of the molecule is CCOc1ccc(Cl)cc1C=NNC(=O)CNC(=O)c1ccc2c(c1)OCO2. The average Bonchev–Trinajstić information content (AvgIpc) is 3.16. The van der Waals surface area contributed by atoms with Crippen LogP contribution in [0.15, 0.2) is 41.5 Å². The highest BCUT2D eigenvalue weighted by molar-refractivity contribution is 6.30. The van der Waals surface area contributed by atoms with Crippen LogP contribution in [0.3, 0.4) is 0 Å². The topological polar surface area (TPSA) is 98.2 Å². The Morgan fingerprint density at radius 2 is 2.04 bits per heavy atom. The molecule has 8 nitrogen and oxygen atoms in total. The largest absolute Gasteiger partial charge is 0.493 e. The second kappa shape index (κ2) is 9.09. The van der Waals surface area contributed by atoms with Crippen molar-refractivity contribution in [2.24, 2.45) is 5.10 Å². The lowest BCUT2D eigenvalue weighted by Crippen LogP contribution is -2.34. The minimum atomic E-state index is -0.481. The van der Waals surface area contributed by atoms with E-state index in [9.17, 15) is 9.59 Å². The molecule has 0 spiro atoms. The van der Waals surface area contributed by atoms with Crippen LogP contribution in [-0.2, 0) is 4.79 Å². The number of rotatable bonds is 7. The van der Waals surface area contributed by atoms with Gasteiger partial charge in [-0.2, -0.15) is 5.10 Å². The first kappa shape index (κ1) is 19.5. The van der Waals surface area contributed by atoms with Crippen LogP contribution in [0.2, 0.25) is 5.02 Å². The first-order chi connectivity index (χ1) is 13.6. The van der Waals surface area contributed by atoms with E-state index in [0.717, 1.165) is 0 Å². The van der Waals surface area contributed by atoms with Gasteiger partial charge in [-0.25, -0.2) is 5.43 Å². The summed E-state index contributed by atoms with van der Waals surface area (Å²) in [7, 11) is 0. The van der Waals surface area contributed by atoms with Crippen molar-refractivity contribution < 1.29 is 23.8 Å². The van der Waals surface area contributed by atoms with E-state index in [1.54, 1.807) is 36.4 Å². The number of nitrogens with one attached hydrogen (secondary N) is 2. The molecule has 0 unspecified atom stereocenters. The third kappa shape index (κ3) is 4.92. The van der Waals surface area contributed by atoms with Crippen LogP contribution in [-0.4, -0.2) is 38.0 Å². The van der Waals surface area contributed by atoms with Crippen LogP contribution in [0, 0.1) is 0 Å². The Hall–Kier alpha value is -3.26. The summed E-state index contributed by atoms with van der Waals surface area (Å²) in [6.45, 7) is 2.23. The Bertz CT molecular complexity index is 916. The monoisotopic (exact) mass is 403 g/mol. The molecule has 0 saturated heterocycles. The number of carbonyl (C=O) groups is 2. The molecule has 0 saturated carbocycles. The molecule has 2 aromatic rings. The van der Waals surface area contributed by atoms with Crippen molar-refractivity contribution in [2.45, 2.75) is 6.92 Å². The van der Waals surface area contributed by atoms with Crippen LogP contribution in [0.25, 0.3) is 0 Å². The van der Waals surface area contributed by atoms with Crippen molar-refractivity contribution in [3.63, 3.8) is 0 Å². The second-order valence-corrected chi connectivity index (χ2v) is 6.10. The molecule has 0 radical (unpaired) electrons. The molecule has 0 bridgehead atoms. The van der Waals surface area contributed by atoms with Crippen molar-refractivity contribution in [3.8, 4) is 17.2 Å². The van der Waals surface area contributed by atoms with Crippen molar-refractivity contribution in [1.82, 2.24) is 10.7 Å². The summed E-state index contributed by atoms with van der Waals surface area (Å²) in [6, 6.07) is 9.89. The van der Waals surface area contributed by atoms with Gasteiger partial charge in [-0.05, 0) is 43.3 Å². The number of halogens is 1. The zero-order valence-electron chi connectivity index (χ0n) is 15.0. The summed E-state index contributed by atoms with van der Waals surface area (Å²) >= 11 is 5.97. The lowest BCUT2D eigenvalue weighted by molar-refractivity contribution is -0.120. The Kier molecular flexibility index (Phi) is 6.33. The van der Waals surface area contributed by atoms with Gasteiger partial charge < -0.3 is 19.5 Å². The van der Waals surface area contributed by atoms with Gasteiger partial charge in [0.15, 0.2) is 11.5 Å². The number of benzene rings is 2. The van der Waals surface area contributed by atoms with Gasteiger partial charge in [0.1, 0.15) is 5.75 Å². The van der Waals surface area contributed by atoms with Gasteiger partial charge in [0, 0.05) is 16.1 Å². The summed E-state index contributed by atoms with van der Waals surface area (Å²) in [5.74, 6) is 0.779. The first-order valence-electron chi connectivity index (χ1n) is 8.49. The van der Waals surface area contributed by atoms with Crippen molar-refractivity contribution >= 4 is 29.6 Å². The van der Waals surface area contributed by atoms with Gasteiger partial charge in [-0.1, -0.05) is 11.6 Å². The highest BCUT2D eigenvalue weighted by atomic mass is 35.5. The van der Waals surface area contributed by atoms with E-state index in [-0.39, 0.29) is 13.3 Å². The average molecular weight is 404 g/mol. The summed E-state index contributed by atoms with van der Waals surface area (Å²) < 4.78 is 15.9. The molecule has 146 valence electrons. The van der Waals surface area contributed by atoms with Crippen molar-refractivity contribution in [3.05, 3.63) is 52.5 Å². The molecule has 0 aromatic heterocycles. The minimum absolute atomic E-state index is 0.123. The van der Waals surface area contributed by atoms with Crippen molar-refractivity contribution in [2.75, 3.05) is 19.9 Å². The number of fused-ring (bicyclic) bond motifs is 1. The number of amides is 2. The predicted molar refractivity (Wildman–Crippen MR) is 103 cm³/mol. The predicted octanol–water partition coefficient (Wildman–Crippen LogP) is 2.35. The molecule has 0 fully saturated rings. The molecular weight excluding hydrogens is 386 g/mol.